The molecule has 2 aromatic carbocycles. The third kappa shape index (κ3) is 4.49. The zero-order chi connectivity index (χ0) is 20.1. The number of nitrogens with zero attached hydrogens (tertiary/aromatic N) is 1. The van der Waals surface area contributed by atoms with Crippen molar-refractivity contribution >= 4 is 29.1 Å². The summed E-state index contributed by atoms with van der Waals surface area (Å²) in [6.07, 6.45) is 1.34. The summed E-state index contributed by atoms with van der Waals surface area (Å²) in [5, 5.41) is 5.63. The molecule has 0 bridgehead atoms. The van der Waals surface area contributed by atoms with Crippen molar-refractivity contribution in [1.82, 2.24) is 4.90 Å². The molecule has 146 valence electrons. The van der Waals surface area contributed by atoms with Gasteiger partial charge in [0.25, 0.3) is 0 Å². The molecule has 2 aromatic rings. The van der Waals surface area contributed by atoms with Crippen LogP contribution in [0.25, 0.3) is 0 Å². The molecule has 0 spiro atoms. The van der Waals surface area contributed by atoms with Gasteiger partial charge in [0.15, 0.2) is 5.78 Å². The Kier molecular flexibility index (Phi) is 5.93. The van der Waals surface area contributed by atoms with Crippen LogP contribution in [-0.4, -0.2) is 42.3 Å². The fraction of sp³-hybridized carbons (Fsp3) is 0.286. The first-order chi connectivity index (χ1) is 13.5. The molecule has 1 aliphatic heterocycles. The van der Waals surface area contributed by atoms with E-state index in [9.17, 15) is 14.4 Å². The highest BCUT2D eigenvalue weighted by molar-refractivity contribution is 6.00. The van der Waals surface area contributed by atoms with E-state index in [1.807, 2.05) is 0 Å². The third-order valence-corrected chi connectivity index (χ3v) is 4.67. The Labute approximate surface area is 163 Å². The Hall–Kier alpha value is -3.35. The van der Waals surface area contributed by atoms with Crippen molar-refractivity contribution in [2.24, 2.45) is 0 Å². The first kappa shape index (κ1) is 19.4. The van der Waals surface area contributed by atoms with Gasteiger partial charge in [-0.2, -0.15) is 0 Å². The van der Waals surface area contributed by atoms with Crippen LogP contribution < -0.4 is 15.4 Å². The Balaban J connectivity index is 1.67. The van der Waals surface area contributed by atoms with Crippen LogP contribution in [0.15, 0.2) is 48.5 Å². The maximum absolute atomic E-state index is 12.7. The Morgan fingerprint density at radius 3 is 2.46 bits per heavy atom. The molecule has 1 fully saturated rings. The minimum absolute atomic E-state index is 0.0761. The number of hydrogen-bond donors (Lipinski definition) is 2. The van der Waals surface area contributed by atoms with E-state index in [1.54, 1.807) is 55.6 Å². The molecular weight excluding hydrogens is 358 g/mol. The van der Waals surface area contributed by atoms with E-state index >= 15 is 0 Å². The summed E-state index contributed by atoms with van der Waals surface area (Å²) in [7, 11) is 1.56. The van der Waals surface area contributed by atoms with Gasteiger partial charge in [-0.05, 0) is 44.0 Å². The summed E-state index contributed by atoms with van der Waals surface area (Å²) in [5.41, 5.74) is 1.66. The second-order valence-corrected chi connectivity index (χ2v) is 6.64. The quantitative estimate of drug-likeness (QED) is 0.776. The maximum Gasteiger partial charge on any atom is 0.322 e. The van der Waals surface area contributed by atoms with Crippen LogP contribution in [0.5, 0.6) is 5.75 Å². The lowest BCUT2D eigenvalue weighted by atomic mass is 10.1. The van der Waals surface area contributed by atoms with E-state index in [2.05, 4.69) is 10.6 Å². The molecule has 1 aliphatic rings. The topological polar surface area (TPSA) is 87.7 Å². The number of ether oxygens (including phenoxy) is 1. The SMILES string of the molecule is COc1cccc(NC(=O)[C@H]2CCCN2C(=O)Nc2cccc(C(C)=O)c2)c1. The van der Waals surface area contributed by atoms with Gasteiger partial charge in [-0.15, -0.1) is 0 Å². The molecule has 0 radical (unpaired) electrons. The standard InChI is InChI=1S/C21H23N3O4/c1-14(25)15-6-3-7-16(12-15)23-21(27)24-11-5-10-19(24)20(26)22-17-8-4-9-18(13-17)28-2/h3-4,6-9,12-13,19H,5,10-11H2,1-2H3,(H,22,26)(H,23,27)/t19-/m1/s1. The van der Waals surface area contributed by atoms with Gasteiger partial charge in [-0.25, -0.2) is 4.79 Å². The van der Waals surface area contributed by atoms with Gasteiger partial charge in [-0.3, -0.25) is 9.59 Å². The summed E-state index contributed by atoms with van der Waals surface area (Å²) >= 11 is 0. The lowest BCUT2D eigenvalue weighted by Crippen LogP contribution is -2.45. The highest BCUT2D eigenvalue weighted by Crippen LogP contribution is 2.22. The summed E-state index contributed by atoms with van der Waals surface area (Å²) in [5.74, 6) is 0.329. The van der Waals surface area contributed by atoms with Crippen LogP contribution in [0.4, 0.5) is 16.2 Å². The second kappa shape index (κ2) is 8.56. The number of rotatable bonds is 5. The first-order valence-corrected chi connectivity index (χ1v) is 9.11. The fourth-order valence-corrected chi connectivity index (χ4v) is 3.22. The summed E-state index contributed by atoms with van der Waals surface area (Å²) in [6, 6.07) is 12.9. The van der Waals surface area contributed by atoms with Gasteiger partial charge in [0.05, 0.1) is 7.11 Å². The van der Waals surface area contributed by atoms with Crippen LogP contribution in [0, 0.1) is 0 Å². The van der Waals surface area contributed by atoms with Crippen LogP contribution in [0.1, 0.15) is 30.1 Å². The maximum atomic E-state index is 12.7. The molecule has 3 rings (SSSR count). The van der Waals surface area contributed by atoms with Gasteiger partial charge in [0.2, 0.25) is 5.91 Å². The summed E-state index contributed by atoms with van der Waals surface area (Å²) in [6.45, 7) is 1.97. The van der Waals surface area contributed by atoms with Crippen molar-refractivity contribution in [3.63, 3.8) is 0 Å². The molecule has 2 N–H and O–H groups in total. The molecule has 1 atom stereocenters. The van der Waals surface area contributed by atoms with E-state index in [4.69, 9.17) is 4.74 Å². The van der Waals surface area contributed by atoms with Gasteiger partial charge < -0.3 is 20.3 Å². The predicted octanol–water partition coefficient (Wildman–Crippen LogP) is 3.53. The number of Topliss-reactive ketones (excluding diaryl/α,β-unsaturated/α-hetero) is 1. The average Bonchev–Trinajstić information content (AvgIpc) is 3.18. The fourth-order valence-electron chi connectivity index (χ4n) is 3.22. The highest BCUT2D eigenvalue weighted by Gasteiger charge is 2.34. The number of carbonyl (C=O) groups excluding carboxylic acids is 3. The molecule has 0 saturated carbocycles. The van der Waals surface area contributed by atoms with Gasteiger partial charge >= 0.3 is 6.03 Å². The molecule has 28 heavy (non-hydrogen) atoms. The zero-order valence-electron chi connectivity index (χ0n) is 15.9. The first-order valence-electron chi connectivity index (χ1n) is 9.11. The predicted molar refractivity (Wildman–Crippen MR) is 107 cm³/mol. The van der Waals surface area contributed by atoms with E-state index in [-0.39, 0.29) is 17.7 Å². The summed E-state index contributed by atoms with van der Waals surface area (Å²) < 4.78 is 5.16. The van der Waals surface area contributed by atoms with Crippen LogP contribution >= 0.6 is 0 Å². The minimum atomic E-state index is -0.554. The molecular formula is C21H23N3O4. The highest BCUT2D eigenvalue weighted by atomic mass is 16.5. The Morgan fingerprint density at radius 2 is 1.75 bits per heavy atom. The summed E-state index contributed by atoms with van der Waals surface area (Å²) in [4.78, 5) is 38.4. The average molecular weight is 381 g/mol. The van der Waals surface area contributed by atoms with E-state index in [0.717, 1.165) is 6.42 Å². The van der Waals surface area contributed by atoms with Gasteiger partial charge in [0, 0.05) is 29.5 Å². The monoisotopic (exact) mass is 381 g/mol. The van der Waals surface area contributed by atoms with Crippen LogP contribution in [0.2, 0.25) is 0 Å². The van der Waals surface area contributed by atoms with Crippen LogP contribution in [-0.2, 0) is 4.79 Å². The number of anilines is 2. The lowest BCUT2D eigenvalue weighted by Gasteiger charge is -2.24. The smallest absolute Gasteiger partial charge is 0.322 e. The molecule has 7 heteroatoms. The van der Waals surface area contributed by atoms with E-state index in [1.165, 1.54) is 11.8 Å². The van der Waals surface area contributed by atoms with Crippen LogP contribution in [0.3, 0.4) is 0 Å². The van der Waals surface area contributed by atoms with Gasteiger partial charge in [0.1, 0.15) is 11.8 Å². The Bertz CT molecular complexity index is 897. The number of ketones is 1. The van der Waals surface area contributed by atoms with Crippen molar-refractivity contribution in [2.75, 3.05) is 24.3 Å². The minimum Gasteiger partial charge on any atom is -0.497 e. The number of hydrogen-bond acceptors (Lipinski definition) is 4. The lowest BCUT2D eigenvalue weighted by molar-refractivity contribution is -0.119. The Morgan fingerprint density at radius 1 is 1.04 bits per heavy atom. The van der Waals surface area contributed by atoms with Crippen molar-refractivity contribution in [2.45, 2.75) is 25.8 Å². The second-order valence-electron chi connectivity index (χ2n) is 6.64. The number of amides is 3. The van der Waals surface area contributed by atoms with E-state index in [0.29, 0.717) is 35.7 Å². The molecule has 0 unspecified atom stereocenters. The van der Waals surface area contributed by atoms with Crippen molar-refractivity contribution in [3.05, 3.63) is 54.1 Å². The third-order valence-electron chi connectivity index (χ3n) is 4.67. The molecule has 7 nitrogen and oxygen atoms in total. The molecule has 3 amide bonds. The van der Waals surface area contributed by atoms with Gasteiger partial charge in [-0.1, -0.05) is 18.2 Å². The number of carbonyl (C=O) groups is 3. The zero-order valence-corrected chi connectivity index (χ0v) is 15.9. The van der Waals surface area contributed by atoms with Crippen molar-refractivity contribution in [3.8, 4) is 5.75 Å². The number of nitrogens with one attached hydrogen (secondary N) is 2. The normalized spacial score (nSPS) is 15.8. The number of benzene rings is 2. The number of likely N-dealkylation sites (tertiary alicyclic amines) is 1. The number of methoxy groups -OCH3 is 1. The van der Waals surface area contributed by atoms with Crippen molar-refractivity contribution in [1.29, 1.82) is 0 Å². The number of urea groups is 1. The van der Waals surface area contributed by atoms with Crippen molar-refractivity contribution < 1.29 is 19.1 Å². The largest absolute Gasteiger partial charge is 0.497 e. The molecule has 1 saturated heterocycles. The molecule has 1 heterocycles. The molecule has 0 aromatic heterocycles. The van der Waals surface area contributed by atoms with E-state index < -0.39 is 6.04 Å². The molecule has 0 aliphatic carbocycles.